The van der Waals surface area contributed by atoms with E-state index in [0.29, 0.717) is 0 Å². The van der Waals surface area contributed by atoms with Crippen molar-refractivity contribution < 1.29 is 0 Å². The largest absolute Gasteiger partial charge is 0.302 e. The van der Waals surface area contributed by atoms with Gasteiger partial charge in [0.2, 0.25) is 0 Å². The molecule has 0 aliphatic heterocycles. The number of nitrogens with zero attached hydrogens (tertiary/aromatic N) is 2. The average molecular weight is 305 g/mol. The van der Waals surface area contributed by atoms with Gasteiger partial charge in [0, 0.05) is 5.75 Å². The molecule has 0 radical (unpaired) electrons. The van der Waals surface area contributed by atoms with Gasteiger partial charge in [-0.25, -0.2) is 4.98 Å². The van der Waals surface area contributed by atoms with Gasteiger partial charge in [-0.1, -0.05) is 30.8 Å². The van der Waals surface area contributed by atoms with E-state index in [1.54, 1.807) is 23.1 Å². The van der Waals surface area contributed by atoms with Gasteiger partial charge in [0.25, 0.3) is 0 Å². The predicted octanol–water partition coefficient (Wildman–Crippen LogP) is 4.06. The summed E-state index contributed by atoms with van der Waals surface area (Å²) in [7, 11) is 1.87. The Morgan fingerprint density at radius 2 is 2.25 bits per heavy atom. The molecule has 0 saturated carbocycles. The Hall–Kier alpha value is -1.09. The molecule has 0 spiro atoms. The fourth-order valence-corrected chi connectivity index (χ4v) is 4.19. The van der Waals surface area contributed by atoms with Crippen LogP contribution in [0.5, 0.6) is 0 Å². The SMILES string of the molecule is CCC(C#N)(CCCSc1nc2ccccc2s1)NC. The Labute approximate surface area is 128 Å². The zero-order valence-corrected chi connectivity index (χ0v) is 13.5. The molecule has 1 heterocycles. The topological polar surface area (TPSA) is 48.7 Å². The van der Waals surface area contributed by atoms with Gasteiger partial charge in [-0.2, -0.15) is 5.26 Å². The van der Waals surface area contributed by atoms with E-state index in [-0.39, 0.29) is 5.54 Å². The van der Waals surface area contributed by atoms with E-state index in [2.05, 4.69) is 35.4 Å². The van der Waals surface area contributed by atoms with Crippen LogP contribution in [0.1, 0.15) is 26.2 Å². The lowest BCUT2D eigenvalue weighted by Crippen LogP contribution is -2.40. The quantitative estimate of drug-likeness (QED) is 0.619. The van der Waals surface area contributed by atoms with Crippen LogP contribution in [-0.4, -0.2) is 23.3 Å². The molecule has 20 heavy (non-hydrogen) atoms. The zero-order valence-electron chi connectivity index (χ0n) is 11.8. The Morgan fingerprint density at radius 3 is 2.90 bits per heavy atom. The molecule has 1 aromatic heterocycles. The monoisotopic (exact) mass is 305 g/mol. The molecule has 3 nitrogen and oxygen atoms in total. The first-order valence-corrected chi connectivity index (χ1v) is 8.62. The Balaban J connectivity index is 1.85. The van der Waals surface area contributed by atoms with Crippen molar-refractivity contribution in [2.75, 3.05) is 12.8 Å². The summed E-state index contributed by atoms with van der Waals surface area (Å²) in [6, 6.07) is 10.6. The maximum Gasteiger partial charge on any atom is 0.151 e. The van der Waals surface area contributed by atoms with E-state index in [1.807, 2.05) is 19.2 Å². The fraction of sp³-hybridized carbons (Fsp3) is 0.467. The van der Waals surface area contributed by atoms with Crippen LogP contribution in [0.25, 0.3) is 10.2 Å². The highest BCUT2D eigenvalue weighted by atomic mass is 32.2. The predicted molar refractivity (Wildman–Crippen MR) is 87.3 cm³/mol. The summed E-state index contributed by atoms with van der Waals surface area (Å²) in [5.74, 6) is 1.00. The van der Waals surface area contributed by atoms with E-state index in [1.165, 1.54) is 4.70 Å². The third-order valence-corrected chi connectivity index (χ3v) is 5.81. The van der Waals surface area contributed by atoms with Crippen molar-refractivity contribution in [3.05, 3.63) is 24.3 Å². The molecule has 2 rings (SSSR count). The van der Waals surface area contributed by atoms with Crippen LogP contribution in [0.4, 0.5) is 0 Å². The number of hydrogen-bond acceptors (Lipinski definition) is 5. The maximum absolute atomic E-state index is 9.26. The lowest BCUT2D eigenvalue weighted by molar-refractivity contribution is 0.400. The van der Waals surface area contributed by atoms with Crippen molar-refractivity contribution in [2.24, 2.45) is 0 Å². The van der Waals surface area contributed by atoms with Crippen LogP contribution in [0, 0.1) is 11.3 Å². The zero-order chi connectivity index (χ0) is 14.4. The minimum Gasteiger partial charge on any atom is -0.302 e. The van der Waals surface area contributed by atoms with Crippen LogP contribution in [-0.2, 0) is 0 Å². The van der Waals surface area contributed by atoms with E-state index >= 15 is 0 Å². The number of benzene rings is 1. The molecule has 0 amide bonds. The van der Waals surface area contributed by atoms with Gasteiger partial charge < -0.3 is 5.32 Å². The Kier molecular flexibility index (Phi) is 5.41. The number of thioether (sulfide) groups is 1. The number of para-hydroxylation sites is 1. The first-order valence-electron chi connectivity index (χ1n) is 6.81. The van der Waals surface area contributed by atoms with Crippen molar-refractivity contribution in [1.29, 1.82) is 5.26 Å². The standard InChI is InChI=1S/C15H19N3S2/c1-3-15(11-16,17-2)9-6-10-19-14-18-12-7-4-5-8-13(12)20-14/h4-5,7-8,17H,3,6,9-10H2,1-2H3. The molecule has 0 aliphatic carbocycles. The number of fused-ring (bicyclic) bond motifs is 1. The number of nitriles is 1. The number of thiazole rings is 1. The van der Waals surface area contributed by atoms with E-state index in [4.69, 9.17) is 0 Å². The molecule has 2 aromatic rings. The van der Waals surface area contributed by atoms with Crippen LogP contribution < -0.4 is 5.32 Å². The Bertz CT molecular complexity index is 563. The molecule has 1 aromatic carbocycles. The first-order chi connectivity index (χ1) is 9.73. The molecule has 0 fully saturated rings. The van der Waals surface area contributed by atoms with E-state index in [0.717, 1.165) is 34.9 Å². The third-order valence-electron chi connectivity index (χ3n) is 3.54. The second kappa shape index (κ2) is 7.07. The van der Waals surface area contributed by atoms with Crippen LogP contribution in [0.15, 0.2) is 28.6 Å². The second-order valence-corrected chi connectivity index (χ2v) is 7.07. The van der Waals surface area contributed by atoms with Crippen molar-refractivity contribution >= 4 is 33.3 Å². The van der Waals surface area contributed by atoms with Gasteiger partial charge in [-0.15, -0.1) is 11.3 Å². The highest BCUT2D eigenvalue weighted by Crippen LogP contribution is 2.30. The highest BCUT2D eigenvalue weighted by molar-refractivity contribution is 8.01. The molecule has 1 atom stereocenters. The lowest BCUT2D eigenvalue weighted by atomic mass is 9.93. The number of hydrogen-bond donors (Lipinski definition) is 1. The molecule has 5 heteroatoms. The summed E-state index contributed by atoms with van der Waals surface area (Å²) in [5.41, 5.74) is 0.712. The summed E-state index contributed by atoms with van der Waals surface area (Å²) in [6.45, 7) is 2.06. The fourth-order valence-electron chi connectivity index (χ4n) is 2.12. The van der Waals surface area contributed by atoms with E-state index in [9.17, 15) is 5.26 Å². The van der Waals surface area contributed by atoms with Crippen molar-refractivity contribution in [3.8, 4) is 6.07 Å². The minimum absolute atomic E-state index is 0.367. The first kappa shape index (κ1) is 15.3. The highest BCUT2D eigenvalue weighted by Gasteiger charge is 2.24. The van der Waals surface area contributed by atoms with Crippen LogP contribution in [0.3, 0.4) is 0 Å². The molecule has 0 bridgehead atoms. The maximum atomic E-state index is 9.26. The van der Waals surface area contributed by atoms with E-state index < -0.39 is 0 Å². The smallest absolute Gasteiger partial charge is 0.151 e. The molecule has 0 saturated heterocycles. The van der Waals surface area contributed by atoms with Gasteiger partial charge in [-0.05, 0) is 38.4 Å². The lowest BCUT2D eigenvalue weighted by Gasteiger charge is -2.24. The van der Waals surface area contributed by atoms with Crippen molar-refractivity contribution in [2.45, 2.75) is 36.1 Å². The Morgan fingerprint density at radius 1 is 1.45 bits per heavy atom. The summed E-state index contributed by atoms with van der Waals surface area (Å²) < 4.78 is 2.36. The molecule has 106 valence electrons. The van der Waals surface area contributed by atoms with Gasteiger partial charge in [0.15, 0.2) is 4.34 Å². The van der Waals surface area contributed by atoms with Gasteiger partial charge in [-0.3, -0.25) is 0 Å². The molecular formula is C15H19N3S2. The molecule has 1 N–H and O–H groups in total. The summed E-state index contributed by atoms with van der Waals surface area (Å²) in [6.07, 6.45) is 2.74. The third kappa shape index (κ3) is 3.51. The number of rotatable bonds is 7. The summed E-state index contributed by atoms with van der Waals surface area (Å²) >= 11 is 3.53. The van der Waals surface area contributed by atoms with Crippen LogP contribution >= 0.6 is 23.1 Å². The molecule has 1 unspecified atom stereocenters. The second-order valence-electron chi connectivity index (χ2n) is 4.70. The average Bonchev–Trinajstić information content (AvgIpc) is 2.91. The van der Waals surface area contributed by atoms with Crippen molar-refractivity contribution in [3.63, 3.8) is 0 Å². The summed E-state index contributed by atoms with van der Waals surface area (Å²) in [5, 5.41) is 12.4. The van der Waals surface area contributed by atoms with Crippen LogP contribution in [0.2, 0.25) is 0 Å². The number of aromatic nitrogens is 1. The summed E-state index contributed by atoms with van der Waals surface area (Å²) in [4.78, 5) is 4.61. The molecular weight excluding hydrogens is 286 g/mol. The normalized spacial score (nSPS) is 14.1. The van der Waals surface area contributed by atoms with Gasteiger partial charge in [0.1, 0.15) is 5.54 Å². The molecule has 0 aliphatic rings. The van der Waals surface area contributed by atoms with Gasteiger partial charge >= 0.3 is 0 Å². The van der Waals surface area contributed by atoms with Crippen molar-refractivity contribution in [1.82, 2.24) is 10.3 Å². The number of nitrogens with one attached hydrogen (secondary N) is 1. The van der Waals surface area contributed by atoms with Gasteiger partial charge in [0.05, 0.1) is 16.3 Å². The minimum atomic E-state index is -0.367.